The Morgan fingerprint density at radius 2 is 1.64 bits per heavy atom. The van der Waals surface area contributed by atoms with E-state index < -0.39 is 12.1 Å². The minimum absolute atomic E-state index is 0.217. The molecule has 0 aliphatic carbocycles. The Morgan fingerprint density at radius 3 is 2.25 bits per heavy atom. The van der Waals surface area contributed by atoms with Crippen molar-refractivity contribution in [3.8, 4) is 11.5 Å². The summed E-state index contributed by atoms with van der Waals surface area (Å²) in [7, 11) is 1.59. The van der Waals surface area contributed by atoms with Gasteiger partial charge in [0.05, 0.1) is 13.7 Å². The number of aliphatic carboxylic acids is 1. The molecule has 0 spiro atoms. The van der Waals surface area contributed by atoms with Crippen molar-refractivity contribution < 1.29 is 33.6 Å². The van der Waals surface area contributed by atoms with Crippen LogP contribution in [0.25, 0.3) is 0 Å². The maximum absolute atomic E-state index is 12.9. The van der Waals surface area contributed by atoms with Crippen LogP contribution in [0.5, 0.6) is 11.5 Å². The molecule has 0 saturated heterocycles. The maximum atomic E-state index is 12.9. The highest BCUT2D eigenvalue weighted by atomic mass is 16.5. The van der Waals surface area contributed by atoms with Crippen LogP contribution in [0.4, 0.5) is 10.5 Å². The number of carboxylic acids is 1. The lowest BCUT2D eigenvalue weighted by molar-refractivity contribution is -0.149. The van der Waals surface area contributed by atoms with Gasteiger partial charge in [0.1, 0.15) is 18.1 Å². The van der Waals surface area contributed by atoms with Gasteiger partial charge in [0.15, 0.2) is 6.10 Å². The number of benzene rings is 2. The van der Waals surface area contributed by atoms with Gasteiger partial charge in [-0.05, 0) is 61.7 Å². The van der Waals surface area contributed by atoms with E-state index in [2.05, 4.69) is 12.2 Å². The van der Waals surface area contributed by atoms with Crippen LogP contribution < -0.4 is 14.8 Å². The molecule has 9 heteroatoms. The zero-order chi connectivity index (χ0) is 26.2. The van der Waals surface area contributed by atoms with Crippen molar-refractivity contribution in [3.05, 3.63) is 54.1 Å². The Hall–Kier alpha value is -3.30. The van der Waals surface area contributed by atoms with Crippen LogP contribution in [0.15, 0.2) is 48.5 Å². The van der Waals surface area contributed by atoms with Gasteiger partial charge in [-0.2, -0.15) is 0 Å². The van der Waals surface area contributed by atoms with Crippen LogP contribution in [0.2, 0.25) is 0 Å². The van der Waals surface area contributed by atoms with E-state index in [-0.39, 0.29) is 12.5 Å². The molecule has 0 saturated carbocycles. The average Bonchev–Trinajstić information content (AvgIpc) is 2.88. The Kier molecular flexibility index (Phi) is 13.2. The number of hydrogen-bond acceptors (Lipinski definition) is 6. The van der Waals surface area contributed by atoms with E-state index in [9.17, 15) is 14.7 Å². The van der Waals surface area contributed by atoms with Gasteiger partial charge in [-0.1, -0.05) is 19.1 Å². The Balaban J connectivity index is 1.90. The van der Waals surface area contributed by atoms with Crippen LogP contribution in [0.3, 0.4) is 0 Å². The summed E-state index contributed by atoms with van der Waals surface area (Å²) in [4.78, 5) is 25.9. The van der Waals surface area contributed by atoms with Gasteiger partial charge in [0.25, 0.3) is 0 Å². The van der Waals surface area contributed by atoms with Crippen molar-refractivity contribution in [2.75, 3.05) is 51.9 Å². The van der Waals surface area contributed by atoms with Gasteiger partial charge in [-0.25, -0.2) is 9.59 Å². The van der Waals surface area contributed by atoms with Gasteiger partial charge in [0, 0.05) is 38.5 Å². The summed E-state index contributed by atoms with van der Waals surface area (Å²) >= 11 is 0. The van der Waals surface area contributed by atoms with E-state index in [0.29, 0.717) is 56.7 Å². The predicted molar refractivity (Wildman–Crippen MR) is 138 cm³/mol. The molecule has 2 rings (SSSR count). The Labute approximate surface area is 213 Å². The number of carboxylic acid groups (broad SMARTS) is 1. The minimum atomic E-state index is -0.981. The molecule has 2 N–H and O–H groups in total. The van der Waals surface area contributed by atoms with Crippen molar-refractivity contribution >= 4 is 17.7 Å². The van der Waals surface area contributed by atoms with Crippen molar-refractivity contribution in [1.29, 1.82) is 0 Å². The first kappa shape index (κ1) is 28.9. The second-order valence-electron chi connectivity index (χ2n) is 8.09. The van der Waals surface area contributed by atoms with E-state index in [4.69, 9.17) is 18.9 Å². The number of amides is 2. The summed E-state index contributed by atoms with van der Waals surface area (Å²) in [6.45, 7) is 6.68. The Bertz CT molecular complexity index is 903. The molecule has 2 amide bonds. The third-order valence-electron chi connectivity index (χ3n) is 5.31. The maximum Gasteiger partial charge on any atom is 0.333 e. The quantitative estimate of drug-likeness (QED) is 0.308. The molecule has 2 aromatic carbocycles. The van der Waals surface area contributed by atoms with E-state index in [1.54, 1.807) is 55.3 Å². The number of rotatable bonds is 17. The zero-order valence-electron chi connectivity index (χ0n) is 21.4. The van der Waals surface area contributed by atoms with Crippen molar-refractivity contribution in [3.63, 3.8) is 0 Å². The lowest BCUT2D eigenvalue weighted by Gasteiger charge is -2.23. The summed E-state index contributed by atoms with van der Waals surface area (Å²) in [5.74, 6) is 0.378. The molecule has 2 aromatic rings. The topological polar surface area (TPSA) is 107 Å². The SMILES string of the molecule is CCCOCCCN(CCOc1ccc(CC(OCC)C(=O)O)cc1)C(=O)Nc1ccc(OC)cc1. The van der Waals surface area contributed by atoms with E-state index in [0.717, 1.165) is 18.4 Å². The number of nitrogens with zero attached hydrogens (tertiary/aromatic N) is 1. The molecular weight excluding hydrogens is 464 g/mol. The first-order valence-electron chi connectivity index (χ1n) is 12.3. The van der Waals surface area contributed by atoms with Gasteiger partial charge < -0.3 is 34.3 Å². The number of anilines is 1. The third kappa shape index (κ3) is 10.5. The molecule has 0 aliphatic heterocycles. The first-order valence-corrected chi connectivity index (χ1v) is 12.3. The number of hydrogen-bond donors (Lipinski definition) is 2. The molecule has 0 radical (unpaired) electrons. The van der Waals surface area contributed by atoms with Crippen molar-refractivity contribution in [1.82, 2.24) is 4.90 Å². The fourth-order valence-electron chi connectivity index (χ4n) is 3.42. The molecular formula is C27H38N2O7. The molecule has 198 valence electrons. The molecule has 9 nitrogen and oxygen atoms in total. The standard InChI is InChI=1S/C27H38N2O7/c1-4-17-34-18-6-15-29(27(32)28-22-9-13-23(33-3)14-10-22)16-19-36-24-11-7-21(8-12-24)20-25(26(30)31)35-5-2/h7-14,25H,4-6,15-20H2,1-3H3,(H,28,32)(H,30,31). The molecule has 1 atom stereocenters. The van der Waals surface area contributed by atoms with Gasteiger partial charge in [-0.15, -0.1) is 0 Å². The van der Waals surface area contributed by atoms with Gasteiger partial charge in [0.2, 0.25) is 0 Å². The molecule has 0 fully saturated rings. The van der Waals surface area contributed by atoms with E-state index >= 15 is 0 Å². The van der Waals surface area contributed by atoms with Crippen molar-refractivity contribution in [2.24, 2.45) is 0 Å². The number of carbonyl (C=O) groups excluding carboxylic acids is 1. The average molecular weight is 503 g/mol. The smallest absolute Gasteiger partial charge is 0.333 e. The highest BCUT2D eigenvalue weighted by Crippen LogP contribution is 2.17. The summed E-state index contributed by atoms with van der Waals surface area (Å²) in [6.07, 6.45) is 1.08. The largest absolute Gasteiger partial charge is 0.497 e. The summed E-state index contributed by atoms with van der Waals surface area (Å²) in [6, 6.07) is 14.2. The number of carbonyl (C=O) groups is 2. The number of methoxy groups -OCH3 is 1. The molecule has 1 unspecified atom stereocenters. The Morgan fingerprint density at radius 1 is 0.944 bits per heavy atom. The van der Waals surface area contributed by atoms with Gasteiger partial charge in [-0.3, -0.25) is 0 Å². The highest BCUT2D eigenvalue weighted by molar-refractivity contribution is 5.89. The molecule has 0 aliphatic rings. The second-order valence-corrected chi connectivity index (χ2v) is 8.09. The van der Waals surface area contributed by atoms with Crippen LogP contribution >= 0.6 is 0 Å². The van der Waals surface area contributed by atoms with Crippen LogP contribution in [-0.4, -0.2) is 74.7 Å². The van der Waals surface area contributed by atoms with Crippen LogP contribution in [-0.2, 0) is 20.7 Å². The molecule has 0 bridgehead atoms. The second kappa shape index (κ2) is 16.4. The van der Waals surface area contributed by atoms with Crippen LogP contribution in [0, 0.1) is 0 Å². The number of urea groups is 1. The predicted octanol–water partition coefficient (Wildman–Crippen LogP) is 4.46. The summed E-state index contributed by atoms with van der Waals surface area (Å²) < 4.78 is 21.8. The minimum Gasteiger partial charge on any atom is -0.497 e. The zero-order valence-corrected chi connectivity index (χ0v) is 21.4. The molecule has 36 heavy (non-hydrogen) atoms. The fraction of sp³-hybridized carbons (Fsp3) is 0.481. The van der Waals surface area contributed by atoms with Crippen molar-refractivity contribution in [2.45, 2.75) is 39.2 Å². The highest BCUT2D eigenvalue weighted by Gasteiger charge is 2.18. The lowest BCUT2D eigenvalue weighted by Crippen LogP contribution is -2.39. The normalized spacial score (nSPS) is 11.5. The fourth-order valence-corrected chi connectivity index (χ4v) is 3.42. The molecule has 0 heterocycles. The van der Waals surface area contributed by atoms with Gasteiger partial charge >= 0.3 is 12.0 Å². The monoisotopic (exact) mass is 502 g/mol. The summed E-state index contributed by atoms with van der Waals surface area (Å²) in [5, 5.41) is 12.2. The number of nitrogens with one attached hydrogen (secondary N) is 1. The summed E-state index contributed by atoms with van der Waals surface area (Å²) in [5.41, 5.74) is 1.52. The lowest BCUT2D eigenvalue weighted by atomic mass is 10.1. The first-order chi connectivity index (χ1) is 17.5. The van der Waals surface area contributed by atoms with E-state index in [1.807, 2.05) is 12.1 Å². The van der Waals surface area contributed by atoms with E-state index in [1.165, 1.54) is 0 Å². The van der Waals surface area contributed by atoms with Crippen LogP contribution in [0.1, 0.15) is 32.3 Å². The molecule has 0 aromatic heterocycles. The third-order valence-corrected chi connectivity index (χ3v) is 5.31. The number of ether oxygens (including phenoxy) is 4.